The average Bonchev–Trinajstić information content (AvgIpc) is 3.80. The Bertz CT molecular complexity index is 3640. The fourth-order valence-electron chi connectivity index (χ4n) is 5.38. The van der Waals surface area contributed by atoms with Crippen LogP contribution in [0.15, 0.2) is 169 Å². The Hall–Kier alpha value is -5.86. The molecule has 2 heterocycles. The first-order valence-electron chi connectivity index (χ1n) is 24.3. The van der Waals surface area contributed by atoms with Crippen LogP contribution in [0.5, 0.6) is 0 Å². The minimum absolute atomic E-state index is 0.0198. The number of aromatic nitrogens is 2. The van der Waals surface area contributed by atoms with Crippen LogP contribution in [0.25, 0.3) is 77.2 Å². The molecule has 0 aliphatic heterocycles. The summed E-state index contributed by atoms with van der Waals surface area (Å²) in [7, 11) is 0. The van der Waals surface area contributed by atoms with Crippen molar-refractivity contribution in [3.63, 3.8) is 0 Å². The summed E-state index contributed by atoms with van der Waals surface area (Å²) in [5, 5.41) is -1.47. The highest BCUT2D eigenvalue weighted by Gasteiger charge is 2.16. The third-order valence-corrected chi connectivity index (χ3v) is 7.25. The number of hydrogen-bond donors (Lipinski definition) is 0. The molecule has 0 radical (unpaired) electrons. The van der Waals surface area contributed by atoms with E-state index >= 15 is 0 Å². The third kappa shape index (κ3) is 3.82. The van der Waals surface area contributed by atoms with Gasteiger partial charge in [-0.25, -0.2) is 0 Å². The summed E-state index contributed by atoms with van der Waals surface area (Å²) in [5.74, 6) is 0. The molecule has 0 saturated carbocycles. The molecular formula is C42H28N2. The Morgan fingerprint density at radius 3 is 1.59 bits per heavy atom. The van der Waals surface area contributed by atoms with Crippen LogP contribution in [-0.4, -0.2) is 9.13 Å². The summed E-state index contributed by atoms with van der Waals surface area (Å²) < 4.78 is 197. The van der Waals surface area contributed by atoms with E-state index in [0.29, 0.717) is 0 Å². The van der Waals surface area contributed by atoms with Gasteiger partial charge in [-0.15, -0.1) is 0 Å². The van der Waals surface area contributed by atoms with Crippen LogP contribution in [0.1, 0.15) is 30.2 Å². The number of nitrogens with zero attached hydrogens (tertiary/aromatic N) is 2. The normalized spacial score (nSPS) is 18.6. The van der Waals surface area contributed by atoms with Crippen molar-refractivity contribution in [3.8, 4) is 33.6 Å². The Kier molecular flexibility index (Phi) is 2.54. The van der Waals surface area contributed by atoms with Crippen LogP contribution in [0.3, 0.4) is 0 Å². The predicted molar refractivity (Wildman–Crippen MR) is 186 cm³/mol. The van der Waals surface area contributed by atoms with Crippen molar-refractivity contribution in [1.29, 1.82) is 0 Å². The standard InChI is InChI=1S/C42H28N2/c1-2-12-29(13-3-1)30-14-10-15-31(26-30)32-16-11-17-33(27-32)43-41-23-9-6-20-37(41)38-28-34(24-25-42(38)43)44-39-21-7-4-18-35(39)36-19-5-8-22-40(36)44/h1-28H/i1D,4D,5D,6D,7D,8D,9D,11D,12D,13D,14D,15D,18D,19D,20D,21D,22D,23D,24D,25D,26D,28D. The summed E-state index contributed by atoms with van der Waals surface area (Å²) in [6, 6.07) is -6.28. The summed E-state index contributed by atoms with van der Waals surface area (Å²) in [5.41, 5.74) is -2.92. The monoisotopic (exact) mass is 582 g/mol. The van der Waals surface area contributed by atoms with Gasteiger partial charge < -0.3 is 9.13 Å². The second kappa shape index (κ2) is 9.86. The van der Waals surface area contributed by atoms with E-state index in [2.05, 4.69) is 0 Å². The van der Waals surface area contributed by atoms with Gasteiger partial charge in [-0.1, -0.05) is 115 Å². The van der Waals surface area contributed by atoms with Crippen molar-refractivity contribution in [1.82, 2.24) is 9.13 Å². The minimum Gasteiger partial charge on any atom is -0.309 e. The Morgan fingerprint density at radius 2 is 0.909 bits per heavy atom. The summed E-state index contributed by atoms with van der Waals surface area (Å²) in [6.07, 6.45) is 0. The zero-order valence-corrected chi connectivity index (χ0v) is 22.4. The van der Waals surface area contributed by atoms with Gasteiger partial charge in [-0.2, -0.15) is 0 Å². The molecule has 2 heteroatoms. The van der Waals surface area contributed by atoms with E-state index in [9.17, 15) is 5.48 Å². The molecule has 9 rings (SSSR count). The maximum absolute atomic E-state index is 9.82. The highest BCUT2D eigenvalue weighted by molar-refractivity contribution is 6.12. The maximum Gasteiger partial charge on any atom is 0.0652 e. The summed E-state index contributed by atoms with van der Waals surface area (Å²) in [4.78, 5) is 0. The molecular weight excluding hydrogens is 532 g/mol. The lowest BCUT2D eigenvalue weighted by atomic mass is 9.99. The highest BCUT2D eigenvalue weighted by Crippen LogP contribution is 2.37. The number of para-hydroxylation sites is 3. The van der Waals surface area contributed by atoms with Crippen molar-refractivity contribution in [3.05, 3.63) is 169 Å². The highest BCUT2D eigenvalue weighted by atomic mass is 15.0. The zero-order chi connectivity index (χ0) is 48.2. The van der Waals surface area contributed by atoms with Gasteiger partial charge in [0.15, 0.2) is 0 Å². The van der Waals surface area contributed by atoms with Gasteiger partial charge in [-0.05, 0) is 76.7 Å². The Balaban J connectivity index is 1.45. The molecule has 0 aliphatic carbocycles. The van der Waals surface area contributed by atoms with Crippen LogP contribution in [0.4, 0.5) is 0 Å². The lowest BCUT2D eigenvalue weighted by molar-refractivity contribution is 1.17. The van der Waals surface area contributed by atoms with Crippen molar-refractivity contribution >= 4 is 43.6 Å². The molecule has 0 atom stereocenters. The van der Waals surface area contributed by atoms with E-state index < -0.39 is 113 Å². The fraction of sp³-hybridized carbons (Fsp3) is 0. The van der Waals surface area contributed by atoms with Gasteiger partial charge in [0.2, 0.25) is 0 Å². The van der Waals surface area contributed by atoms with E-state index in [1.54, 1.807) is 0 Å². The van der Waals surface area contributed by atoms with Crippen molar-refractivity contribution in [2.45, 2.75) is 0 Å². The average molecular weight is 583 g/mol. The first kappa shape index (κ1) is 11.3. The number of hydrogen-bond acceptors (Lipinski definition) is 0. The van der Waals surface area contributed by atoms with Gasteiger partial charge in [0.05, 0.1) is 52.2 Å². The Morgan fingerprint density at radius 1 is 0.364 bits per heavy atom. The van der Waals surface area contributed by atoms with Crippen LogP contribution in [-0.2, 0) is 0 Å². The molecule has 44 heavy (non-hydrogen) atoms. The molecule has 206 valence electrons. The van der Waals surface area contributed by atoms with Gasteiger partial charge in [0.1, 0.15) is 0 Å². The molecule has 0 unspecified atom stereocenters. The fourth-order valence-corrected chi connectivity index (χ4v) is 5.38. The minimum atomic E-state index is -0.832. The van der Waals surface area contributed by atoms with E-state index in [1.807, 2.05) is 0 Å². The van der Waals surface area contributed by atoms with Gasteiger partial charge in [-0.3, -0.25) is 0 Å². The quantitative estimate of drug-likeness (QED) is 0.195. The Labute approximate surface area is 286 Å². The molecule has 0 spiro atoms. The topological polar surface area (TPSA) is 9.86 Å². The smallest absolute Gasteiger partial charge is 0.0652 e. The van der Waals surface area contributed by atoms with E-state index in [0.717, 1.165) is 27.3 Å². The lowest BCUT2D eigenvalue weighted by Gasteiger charge is -2.12. The molecule has 2 nitrogen and oxygen atoms in total. The van der Waals surface area contributed by atoms with E-state index in [-0.39, 0.29) is 96.8 Å². The molecule has 0 N–H and O–H groups in total. The van der Waals surface area contributed by atoms with Crippen LogP contribution in [0.2, 0.25) is 0 Å². The summed E-state index contributed by atoms with van der Waals surface area (Å²) >= 11 is 0. The van der Waals surface area contributed by atoms with Crippen LogP contribution < -0.4 is 0 Å². The van der Waals surface area contributed by atoms with Crippen molar-refractivity contribution in [2.24, 2.45) is 0 Å². The largest absolute Gasteiger partial charge is 0.309 e. The second-order valence-electron chi connectivity index (χ2n) is 9.70. The van der Waals surface area contributed by atoms with Crippen molar-refractivity contribution < 1.29 is 30.2 Å². The van der Waals surface area contributed by atoms with Gasteiger partial charge in [0, 0.05) is 32.9 Å². The molecule has 7 aromatic carbocycles. The molecule has 2 aromatic heterocycles. The van der Waals surface area contributed by atoms with Crippen LogP contribution >= 0.6 is 0 Å². The van der Waals surface area contributed by atoms with E-state index in [4.69, 9.17) is 24.7 Å². The predicted octanol–water partition coefficient (Wildman–Crippen LogP) is 11.2. The first-order valence-corrected chi connectivity index (χ1v) is 13.3. The van der Waals surface area contributed by atoms with E-state index in [1.165, 1.54) is 18.2 Å². The third-order valence-electron chi connectivity index (χ3n) is 7.25. The van der Waals surface area contributed by atoms with Gasteiger partial charge >= 0.3 is 0 Å². The summed E-state index contributed by atoms with van der Waals surface area (Å²) in [6.45, 7) is 0. The van der Waals surface area contributed by atoms with Crippen LogP contribution in [0, 0.1) is 0 Å². The molecule has 0 aliphatic rings. The number of rotatable bonds is 4. The molecule has 0 fully saturated rings. The second-order valence-corrected chi connectivity index (χ2v) is 9.70. The van der Waals surface area contributed by atoms with Gasteiger partial charge in [0.25, 0.3) is 0 Å². The zero-order valence-electron chi connectivity index (χ0n) is 44.4. The SMILES string of the molecule is [2H]c1cc(-c2c([2H])cc([2H])c(-c3c([2H])cc([2H])cc3[2H])c2[2H])cc(-n2c3c([2H])c([2H])c([2H])c([2H])c3c3c([2H])c(-n4c5c([2H])c([2H])c([2H])c([2H])c5c5c([2H])c([2H])c([2H])c([2H])c54)c([2H])c([2H])c32)c1. The van der Waals surface area contributed by atoms with Crippen molar-refractivity contribution in [2.75, 3.05) is 0 Å². The molecule has 9 aromatic rings. The molecule has 0 bridgehead atoms. The lowest BCUT2D eigenvalue weighted by Crippen LogP contribution is -1.96. The number of fused-ring (bicyclic) bond motifs is 6. The first-order chi connectivity index (χ1) is 30.9. The maximum atomic E-state index is 9.82. The molecule has 0 amide bonds. The number of benzene rings is 7. The molecule has 0 saturated heterocycles.